The van der Waals surface area contributed by atoms with Crippen molar-refractivity contribution in [1.82, 2.24) is 5.32 Å². The number of carboxylic acids is 1. The van der Waals surface area contributed by atoms with Crippen LogP contribution in [-0.4, -0.2) is 42.0 Å². The van der Waals surface area contributed by atoms with Crippen LogP contribution >= 0.6 is 0 Å². The Kier molecular flexibility index (Phi) is 9.35. The zero-order valence-corrected chi connectivity index (χ0v) is 16.2. The molecule has 8 nitrogen and oxygen atoms in total. The number of alkyl halides is 3. The van der Waals surface area contributed by atoms with Gasteiger partial charge in [-0.1, -0.05) is 42.5 Å². The first-order valence-corrected chi connectivity index (χ1v) is 8.58. The Labute approximate surface area is 174 Å². The van der Waals surface area contributed by atoms with E-state index < -0.39 is 35.8 Å². The quantitative estimate of drug-likeness (QED) is 0.462. The summed E-state index contributed by atoms with van der Waals surface area (Å²) in [5.74, 6) is -5.08. The molecule has 0 radical (unpaired) electrons. The van der Waals surface area contributed by atoms with Gasteiger partial charge in [-0.25, -0.2) is 9.59 Å². The Hall–Kier alpha value is -3.73. The van der Waals surface area contributed by atoms with Gasteiger partial charge in [-0.15, -0.1) is 0 Å². The monoisotopic (exact) mass is 440 g/mol. The minimum Gasteiger partial charge on any atom is -0.475 e. The summed E-state index contributed by atoms with van der Waals surface area (Å²) in [5.41, 5.74) is 7.29. The second kappa shape index (κ2) is 11.5. The maximum Gasteiger partial charge on any atom is 0.490 e. The van der Waals surface area contributed by atoms with E-state index in [0.717, 1.165) is 12.7 Å². The number of aliphatic carboxylic acids is 1. The Balaban J connectivity index is 0.000000592. The third-order valence-electron chi connectivity index (χ3n) is 3.75. The predicted octanol–water partition coefficient (Wildman–Crippen LogP) is 1.99. The Bertz CT molecular complexity index is 915. The summed E-state index contributed by atoms with van der Waals surface area (Å²) in [6, 6.07) is 14.1. The molecule has 0 saturated heterocycles. The predicted molar refractivity (Wildman–Crippen MR) is 102 cm³/mol. The van der Waals surface area contributed by atoms with E-state index in [0.29, 0.717) is 17.7 Å². The fourth-order valence-corrected chi connectivity index (χ4v) is 2.17. The molecule has 1 amide bonds. The number of carboxylic acid groups (broad SMARTS) is 1. The number of halogens is 3. The van der Waals surface area contributed by atoms with E-state index in [2.05, 4.69) is 10.1 Å². The number of esters is 1. The van der Waals surface area contributed by atoms with Gasteiger partial charge in [-0.3, -0.25) is 9.59 Å². The average molecular weight is 440 g/mol. The number of methoxy groups -OCH3 is 1. The van der Waals surface area contributed by atoms with E-state index in [1.807, 2.05) is 0 Å². The number of hydrogen-bond donors (Lipinski definition) is 3. The van der Waals surface area contributed by atoms with Crippen molar-refractivity contribution in [2.45, 2.75) is 18.8 Å². The summed E-state index contributed by atoms with van der Waals surface area (Å²) in [4.78, 5) is 45.1. The van der Waals surface area contributed by atoms with E-state index in [1.165, 1.54) is 0 Å². The molecule has 1 atom stereocenters. The zero-order valence-electron chi connectivity index (χ0n) is 16.2. The molecule has 4 N–H and O–H groups in total. The van der Waals surface area contributed by atoms with Crippen LogP contribution in [0.15, 0.2) is 54.6 Å². The van der Waals surface area contributed by atoms with Gasteiger partial charge in [0, 0.05) is 12.1 Å². The molecule has 1 unspecified atom stereocenters. The third kappa shape index (κ3) is 7.90. The second-order valence-electron chi connectivity index (χ2n) is 5.88. The van der Waals surface area contributed by atoms with Gasteiger partial charge in [0.2, 0.25) is 0 Å². The van der Waals surface area contributed by atoms with Crippen molar-refractivity contribution < 1.29 is 42.2 Å². The maximum atomic E-state index is 12.3. The summed E-state index contributed by atoms with van der Waals surface area (Å²) < 4.78 is 36.2. The molecule has 2 aromatic rings. The maximum absolute atomic E-state index is 12.3. The Morgan fingerprint density at radius 2 is 1.55 bits per heavy atom. The first-order valence-electron chi connectivity index (χ1n) is 8.58. The molecule has 0 spiro atoms. The van der Waals surface area contributed by atoms with Crippen LogP contribution in [-0.2, 0) is 25.7 Å². The van der Waals surface area contributed by atoms with Gasteiger partial charge in [0.05, 0.1) is 7.11 Å². The summed E-state index contributed by atoms with van der Waals surface area (Å²) >= 11 is 0. The van der Waals surface area contributed by atoms with Crippen molar-refractivity contribution in [3.63, 3.8) is 0 Å². The van der Waals surface area contributed by atoms with E-state index in [-0.39, 0.29) is 0 Å². The van der Waals surface area contributed by atoms with Gasteiger partial charge in [0.15, 0.2) is 0 Å². The molecule has 0 aliphatic rings. The number of carbonyl (C=O) groups is 4. The van der Waals surface area contributed by atoms with Crippen LogP contribution in [0.1, 0.15) is 27.5 Å². The van der Waals surface area contributed by atoms with Gasteiger partial charge >= 0.3 is 18.1 Å². The molecule has 166 valence electrons. The number of nitrogens with two attached hydrogens (primary N) is 1. The molecular formula is C20H19F3N2O6. The van der Waals surface area contributed by atoms with Gasteiger partial charge < -0.3 is 20.9 Å². The minimum absolute atomic E-state index is 0.353. The molecule has 31 heavy (non-hydrogen) atoms. The smallest absolute Gasteiger partial charge is 0.475 e. The lowest BCUT2D eigenvalue weighted by atomic mass is 10.0. The Morgan fingerprint density at radius 3 is 1.97 bits per heavy atom. The number of rotatable bonds is 6. The van der Waals surface area contributed by atoms with E-state index in [9.17, 15) is 27.6 Å². The zero-order chi connectivity index (χ0) is 23.6. The van der Waals surface area contributed by atoms with Gasteiger partial charge in [0.1, 0.15) is 6.04 Å². The van der Waals surface area contributed by atoms with Crippen molar-refractivity contribution in [2.75, 3.05) is 7.11 Å². The van der Waals surface area contributed by atoms with Crippen molar-refractivity contribution in [3.8, 4) is 0 Å². The Morgan fingerprint density at radius 1 is 1.03 bits per heavy atom. The van der Waals surface area contributed by atoms with Crippen molar-refractivity contribution in [2.24, 2.45) is 5.73 Å². The van der Waals surface area contributed by atoms with Crippen molar-refractivity contribution in [3.05, 3.63) is 71.3 Å². The summed E-state index contributed by atoms with van der Waals surface area (Å²) in [5, 5.41) is 9.71. The fourth-order valence-electron chi connectivity index (χ4n) is 2.17. The second-order valence-corrected chi connectivity index (χ2v) is 5.88. The number of nitrogens with one attached hydrogen (secondary N) is 1. The molecule has 11 heteroatoms. The van der Waals surface area contributed by atoms with Crippen LogP contribution in [0.4, 0.5) is 13.2 Å². The van der Waals surface area contributed by atoms with Gasteiger partial charge in [-0.2, -0.15) is 13.2 Å². The standard InChI is InChI=1S/C18H18N2O4.C2HF3O2/c1-24-18(23)16(21)15(13-9-7-12(11-19)8-10-13)20-17(22)14-5-3-2-4-6-14;3-2(4,5)1(6)7/h2-10,15H,11,19H2,1H3,(H,20,22);(H,6,7). The number of hydrogen-bond acceptors (Lipinski definition) is 6. The third-order valence-corrected chi connectivity index (χ3v) is 3.75. The summed E-state index contributed by atoms with van der Waals surface area (Å²) in [7, 11) is 1.12. The SMILES string of the molecule is COC(=O)C(=O)C(NC(=O)c1ccccc1)c1ccc(CN)cc1.O=C(O)C(F)(F)F. The number of ether oxygens (including phenoxy) is 1. The lowest BCUT2D eigenvalue weighted by molar-refractivity contribution is -0.192. The number of carbonyl (C=O) groups excluding carboxylic acids is 3. The lowest BCUT2D eigenvalue weighted by Gasteiger charge is -2.17. The van der Waals surface area contributed by atoms with Crippen LogP contribution in [0.3, 0.4) is 0 Å². The van der Waals surface area contributed by atoms with Crippen LogP contribution in [0, 0.1) is 0 Å². The number of amides is 1. The summed E-state index contributed by atoms with van der Waals surface area (Å²) in [6.07, 6.45) is -5.08. The highest BCUT2D eigenvalue weighted by Crippen LogP contribution is 2.17. The van der Waals surface area contributed by atoms with Crippen LogP contribution in [0.5, 0.6) is 0 Å². The molecule has 0 heterocycles. The molecule has 0 aromatic heterocycles. The number of benzene rings is 2. The first kappa shape index (κ1) is 25.3. The highest BCUT2D eigenvalue weighted by molar-refractivity contribution is 6.36. The lowest BCUT2D eigenvalue weighted by Crippen LogP contribution is -2.37. The summed E-state index contributed by atoms with van der Waals surface area (Å²) in [6.45, 7) is 0.353. The number of Topliss-reactive ketones (excluding diaryl/α,β-unsaturated/α-hetero) is 1. The van der Waals surface area contributed by atoms with E-state index in [1.54, 1.807) is 54.6 Å². The number of ketones is 1. The molecule has 2 rings (SSSR count). The highest BCUT2D eigenvalue weighted by atomic mass is 19.4. The molecule has 2 aromatic carbocycles. The molecule has 0 bridgehead atoms. The van der Waals surface area contributed by atoms with E-state index in [4.69, 9.17) is 15.6 Å². The molecule has 0 aliphatic heterocycles. The largest absolute Gasteiger partial charge is 0.490 e. The van der Waals surface area contributed by atoms with Crippen LogP contribution in [0.25, 0.3) is 0 Å². The minimum atomic E-state index is -5.08. The molecular weight excluding hydrogens is 421 g/mol. The normalized spacial score (nSPS) is 11.4. The highest BCUT2D eigenvalue weighted by Gasteiger charge is 2.38. The fraction of sp³-hybridized carbons (Fsp3) is 0.200. The molecule has 0 fully saturated rings. The van der Waals surface area contributed by atoms with Crippen molar-refractivity contribution >= 4 is 23.6 Å². The average Bonchev–Trinajstić information content (AvgIpc) is 2.76. The van der Waals surface area contributed by atoms with Crippen LogP contribution < -0.4 is 11.1 Å². The van der Waals surface area contributed by atoms with Crippen molar-refractivity contribution in [1.29, 1.82) is 0 Å². The first-order chi connectivity index (χ1) is 14.5. The van der Waals surface area contributed by atoms with Crippen LogP contribution in [0.2, 0.25) is 0 Å². The van der Waals surface area contributed by atoms with Gasteiger partial charge in [0.25, 0.3) is 11.7 Å². The molecule has 0 saturated carbocycles. The molecule has 0 aliphatic carbocycles. The van der Waals surface area contributed by atoms with E-state index >= 15 is 0 Å². The van der Waals surface area contributed by atoms with Gasteiger partial charge in [-0.05, 0) is 23.3 Å². The topological polar surface area (TPSA) is 136 Å².